The number of nitrogens with one attached hydrogen (secondary N) is 1. The predicted molar refractivity (Wildman–Crippen MR) is 110 cm³/mol. The van der Waals surface area contributed by atoms with E-state index in [0.29, 0.717) is 22.3 Å². The van der Waals surface area contributed by atoms with Crippen LogP contribution in [0.4, 0.5) is 5.69 Å². The van der Waals surface area contributed by atoms with Gasteiger partial charge in [-0.2, -0.15) is 0 Å². The monoisotopic (exact) mass is 389 g/mol. The number of hydrogen-bond acceptors (Lipinski definition) is 4. The lowest BCUT2D eigenvalue weighted by Crippen LogP contribution is -2.14. The van der Waals surface area contributed by atoms with Crippen molar-refractivity contribution in [2.45, 2.75) is 6.42 Å². The molecule has 0 aliphatic rings. The Kier molecular flexibility index (Phi) is 5.17. The van der Waals surface area contributed by atoms with Crippen LogP contribution in [0.5, 0.6) is 11.6 Å². The van der Waals surface area contributed by atoms with Crippen LogP contribution < -0.4 is 10.1 Å². The summed E-state index contributed by atoms with van der Waals surface area (Å²) in [7, 11) is 0. The van der Waals surface area contributed by atoms with E-state index in [0.717, 1.165) is 16.5 Å². The van der Waals surface area contributed by atoms with Crippen molar-refractivity contribution >= 4 is 34.1 Å². The molecule has 5 nitrogen and oxygen atoms in total. The van der Waals surface area contributed by atoms with Crippen LogP contribution in [-0.2, 0) is 11.2 Å². The number of nitrogens with zero attached hydrogens (tertiary/aromatic N) is 2. The minimum Gasteiger partial charge on any atom is -0.439 e. The molecule has 4 aromatic rings. The summed E-state index contributed by atoms with van der Waals surface area (Å²) in [5, 5.41) is 4.50. The van der Waals surface area contributed by atoms with Crippen molar-refractivity contribution in [1.29, 1.82) is 0 Å². The third-order valence-corrected chi connectivity index (χ3v) is 4.38. The summed E-state index contributed by atoms with van der Waals surface area (Å²) >= 11 is 5.86. The van der Waals surface area contributed by atoms with E-state index in [1.54, 1.807) is 48.8 Å². The van der Waals surface area contributed by atoms with Crippen molar-refractivity contribution in [3.63, 3.8) is 0 Å². The lowest BCUT2D eigenvalue weighted by atomic mass is 10.1. The van der Waals surface area contributed by atoms with Crippen molar-refractivity contribution in [2.24, 2.45) is 0 Å². The number of carbonyl (C=O) groups is 1. The van der Waals surface area contributed by atoms with E-state index in [4.69, 9.17) is 16.3 Å². The molecule has 2 heterocycles. The molecule has 2 aromatic carbocycles. The highest BCUT2D eigenvalue weighted by Gasteiger charge is 2.09. The van der Waals surface area contributed by atoms with E-state index in [-0.39, 0.29) is 12.3 Å². The largest absolute Gasteiger partial charge is 0.439 e. The maximum absolute atomic E-state index is 12.4. The second kappa shape index (κ2) is 8.06. The zero-order valence-corrected chi connectivity index (χ0v) is 15.6. The zero-order chi connectivity index (χ0) is 19.3. The molecule has 0 saturated carbocycles. The van der Waals surface area contributed by atoms with Crippen LogP contribution >= 0.6 is 11.6 Å². The first kappa shape index (κ1) is 17.9. The highest BCUT2D eigenvalue weighted by Crippen LogP contribution is 2.22. The number of anilines is 1. The average molecular weight is 390 g/mol. The molecule has 2 aromatic heterocycles. The highest BCUT2D eigenvalue weighted by atomic mass is 35.5. The molecule has 28 heavy (non-hydrogen) atoms. The zero-order valence-electron chi connectivity index (χ0n) is 14.8. The standard InChI is InChI=1S/C22H16ClN3O2/c23-17-6-9-19(10-7-17)28-21-11-8-18(14-25-21)26-20(27)13-16-4-1-3-15-5-2-12-24-22(15)16/h1-12,14H,13H2,(H,26,27). The summed E-state index contributed by atoms with van der Waals surface area (Å²) in [5.74, 6) is 0.932. The molecule has 0 aliphatic heterocycles. The molecule has 4 rings (SSSR count). The van der Waals surface area contributed by atoms with Gasteiger partial charge in [-0.3, -0.25) is 9.78 Å². The van der Waals surface area contributed by atoms with Crippen molar-refractivity contribution in [3.8, 4) is 11.6 Å². The molecule has 0 spiro atoms. The SMILES string of the molecule is O=C(Cc1cccc2cccnc12)Nc1ccc(Oc2ccc(Cl)cc2)nc1. The van der Waals surface area contributed by atoms with E-state index >= 15 is 0 Å². The van der Waals surface area contributed by atoms with Gasteiger partial charge in [0.25, 0.3) is 0 Å². The first-order valence-electron chi connectivity index (χ1n) is 8.69. The number of amides is 1. The van der Waals surface area contributed by atoms with Gasteiger partial charge in [0.15, 0.2) is 0 Å². The Hall–Kier alpha value is -3.44. The first-order chi connectivity index (χ1) is 13.7. The second-order valence-electron chi connectivity index (χ2n) is 6.16. The molecular formula is C22H16ClN3O2. The van der Waals surface area contributed by atoms with Gasteiger partial charge in [0, 0.05) is 22.7 Å². The normalized spacial score (nSPS) is 10.6. The van der Waals surface area contributed by atoms with E-state index < -0.39 is 0 Å². The van der Waals surface area contributed by atoms with Gasteiger partial charge in [-0.15, -0.1) is 0 Å². The summed E-state index contributed by atoms with van der Waals surface area (Å²) in [6, 6.07) is 20.1. The van der Waals surface area contributed by atoms with Crippen LogP contribution in [-0.4, -0.2) is 15.9 Å². The molecule has 1 N–H and O–H groups in total. The average Bonchev–Trinajstić information content (AvgIpc) is 2.71. The Bertz CT molecular complexity index is 1110. The fourth-order valence-electron chi connectivity index (χ4n) is 2.83. The molecule has 0 bridgehead atoms. The number of carbonyl (C=O) groups excluding carboxylic acids is 1. The van der Waals surface area contributed by atoms with Crippen molar-refractivity contribution in [3.05, 3.63) is 89.7 Å². The van der Waals surface area contributed by atoms with Crippen LogP contribution in [0.15, 0.2) is 79.1 Å². The van der Waals surface area contributed by atoms with E-state index in [2.05, 4.69) is 15.3 Å². The summed E-state index contributed by atoms with van der Waals surface area (Å²) in [5.41, 5.74) is 2.32. The Balaban J connectivity index is 1.41. The van der Waals surface area contributed by atoms with Crippen LogP contribution in [0.1, 0.15) is 5.56 Å². The minimum atomic E-state index is -0.133. The quantitative estimate of drug-likeness (QED) is 0.506. The third-order valence-electron chi connectivity index (χ3n) is 4.12. The first-order valence-corrected chi connectivity index (χ1v) is 9.07. The Morgan fingerprint density at radius 2 is 1.79 bits per heavy atom. The summed E-state index contributed by atoms with van der Waals surface area (Å²) in [6.07, 6.45) is 3.52. The molecule has 0 atom stereocenters. The number of hydrogen-bond donors (Lipinski definition) is 1. The number of aromatic nitrogens is 2. The lowest BCUT2D eigenvalue weighted by molar-refractivity contribution is -0.115. The van der Waals surface area contributed by atoms with Crippen molar-refractivity contribution in [2.75, 3.05) is 5.32 Å². The maximum Gasteiger partial charge on any atom is 0.228 e. The van der Waals surface area contributed by atoms with Gasteiger partial charge in [-0.25, -0.2) is 4.98 Å². The molecule has 0 saturated heterocycles. The van der Waals surface area contributed by atoms with Gasteiger partial charge in [0.1, 0.15) is 5.75 Å². The van der Waals surface area contributed by atoms with Crippen LogP contribution in [0.25, 0.3) is 10.9 Å². The summed E-state index contributed by atoms with van der Waals surface area (Å²) in [6.45, 7) is 0. The highest BCUT2D eigenvalue weighted by molar-refractivity contribution is 6.30. The molecule has 0 fully saturated rings. The fourth-order valence-corrected chi connectivity index (χ4v) is 2.95. The number of halogens is 1. The Labute approximate surface area is 167 Å². The third kappa shape index (κ3) is 4.27. The smallest absolute Gasteiger partial charge is 0.228 e. The Morgan fingerprint density at radius 1 is 0.964 bits per heavy atom. The molecule has 1 amide bonds. The Morgan fingerprint density at radius 3 is 2.57 bits per heavy atom. The number of para-hydroxylation sites is 1. The summed E-state index contributed by atoms with van der Waals surface area (Å²) in [4.78, 5) is 21.0. The van der Waals surface area contributed by atoms with Crippen molar-refractivity contribution < 1.29 is 9.53 Å². The van der Waals surface area contributed by atoms with E-state index in [9.17, 15) is 4.79 Å². The minimum absolute atomic E-state index is 0.133. The summed E-state index contributed by atoms with van der Waals surface area (Å²) < 4.78 is 5.65. The number of pyridine rings is 2. The van der Waals surface area contributed by atoms with Gasteiger partial charge in [-0.1, -0.05) is 35.9 Å². The molecule has 0 unspecified atom stereocenters. The molecule has 0 aliphatic carbocycles. The molecule has 0 radical (unpaired) electrons. The van der Waals surface area contributed by atoms with Gasteiger partial charge in [0.05, 0.1) is 23.8 Å². The second-order valence-corrected chi connectivity index (χ2v) is 6.59. The predicted octanol–water partition coefficient (Wildman–Crippen LogP) is 5.26. The van der Waals surface area contributed by atoms with Crippen LogP contribution in [0, 0.1) is 0 Å². The maximum atomic E-state index is 12.4. The van der Waals surface area contributed by atoms with E-state index in [1.165, 1.54) is 0 Å². The van der Waals surface area contributed by atoms with Crippen LogP contribution in [0.3, 0.4) is 0 Å². The van der Waals surface area contributed by atoms with E-state index in [1.807, 2.05) is 30.3 Å². The van der Waals surface area contributed by atoms with Gasteiger partial charge in [0.2, 0.25) is 11.8 Å². The topological polar surface area (TPSA) is 64.1 Å². The van der Waals surface area contributed by atoms with Gasteiger partial charge in [-0.05, 0) is 42.0 Å². The number of benzene rings is 2. The number of ether oxygens (including phenoxy) is 1. The fraction of sp³-hybridized carbons (Fsp3) is 0.0455. The number of fused-ring (bicyclic) bond motifs is 1. The van der Waals surface area contributed by atoms with Crippen LogP contribution in [0.2, 0.25) is 5.02 Å². The van der Waals surface area contributed by atoms with Crippen molar-refractivity contribution in [1.82, 2.24) is 9.97 Å². The lowest BCUT2D eigenvalue weighted by Gasteiger charge is -2.08. The molecule has 138 valence electrons. The van der Waals surface area contributed by atoms with Gasteiger partial charge >= 0.3 is 0 Å². The molecule has 6 heteroatoms. The van der Waals surface area contributed by atoms with Gasteiger partial charge < -0.3 is 10.1 Å². The number of rotatable bonds is 5. The molecular weight excluding hydrogens is 374 g/mol.